The molecular formula is C33H39ClN4O3. The third-order valence-electron chi connectivity index (χ3n) is 7.72. The van der Waals surface area contributed by atoms with Gasteiger partial charge in [-0.2, -0.15) is 0 Å². The first-order chi connectivity index (χ1) is 19.5. The molecule has 0 saturated heterocycles. The summed E-state index contributed by atoms with van der Waals surface area (Å²) in [5, 5.41) is 9.45. The van der Waals surface area contributed by atoms with Gasteiger partial charge in [-0.15, -0.1) is 0 Å². The summed E-state index contributed by atoms with van der Waals surface area (Å²) in [4.78, 5) is 42.2. The van der Waals surface area contributed by atoms with Crippen LogP contribution in [0.5, 0.6) is 0 Å². The largest absolute Gasteiger partial charge is 0.350 e. The molecule has 1 aliphatic rings. The van der Waals surface area contributed by atoms with Crippen LogP contribution < -0.4 is 20.9 Å². The molecule has 3 aromatic carbocycles. The fourth-order valence-corrected chi connectivity index (χ4v) is 5.22. The van der Waals surface area contributed by atoms with Crippen molar-refractivity contribution in [2.24, 2.45) is 0 Å². The first-order valence-corrected chi connectivity index (χ1v) is 14.5. The molecule has 1 heterocycles. The lowest BCUT2D eigenvalue weighted by atomic mass is 9.85. The summed E-state index contributed by atoms with van der Waals surface area (Å²) >= 11 is 6.20. The molecule has 4 amide bonds. The highest BCUT2D eigenvalue weighted by Gasteiger charge is 2.38. The monoisotopic (exact) mass is 574 g/mol. The zero-order chi connectivity index (χ0) is 29.7. The first-order valence-electron chi connectivity index (χ1n) is 14.1. The third kappa shape index (κ3) is 7.47. The van der Waals surface area contributed by atoms with Crippen molar-refractivity contribution in [1.29, 1.82) is 0 Å². The molecule has 1 aliphatic heterocycles. The van der Waals surface area contributed by atoms with Crippen molar-refractivity contribution >= 4 is 40.8 Å². The molecular weight excluding hydrogens is 536 g/mol. The SMILES string of the molecule is CCc1cccc(NC(=O)NC2CC(c3ccc(Cl)cc3)c3ccc(C)cc3N(CC(=O)NC(C)(C)CC)C2=O)c1. The zero-order valence-corrected chi connectivity index (χ0v) is 25.1. The molecule has 0 bridgehead atoms. The lowest BCUT2D eigenvalue weighted by molar-refractivity contribution is -0.125. The number of halogens is 1. The van der Waals surface area contributed by atoms with Gasteiger partial charge in [0.05, 0.1) is 0 Å². The molecule has 0 saturated carbocycles. The number of carbonyl (C=O) groups is 3. The highest BCUT2D eigenvalue weighted by atomic mass is 35.5. The fourth-order valence-electron chi connectivity index (χ4n) is 5.09. The van der Waals surface area contributed by atoms with Crippen molar-refractivity contribution in [3.8, 4) is 0 Å². The van der Waals surface area contributed by atoms with E-state index in [1.807, 2.05) is 101 Å². The third-order valence-corrected chi connectivity index (χ3v) is 7.97. The Morgan fingerprint density at radius 2 is 1.76 bits per heavy atom. The quantitative estimate of drug-likeness (QED) is 0.284. The predicted molar refractivity (Wildman–Crippen MR) is 166 cm³/mol. The smallest absolute Gasteiger partial charge is 0.319 e. The highest BCUT2D eigenvalue weighted by Crippen LogP contribution is 2.40. The van der Waals surface area contributed by atoms with Gasteiger partial charge in [0.2, 0.25) is 11.8 Å². The molecule has 0 fully saturated rings. The van der Waals surface area contributed by atoms with E-state index in [0.29, 0.717) is 22.8 Å². The predicted octanol–water partition coefficient (Wildman–Crippen LogP) is 6.57. The Kier molecular flexibility index (Phi) is 9.38. The van der Waals surface area contributed by atoms with Crippen molar-refractivity contribution < 1.29 is 14.4 Å². The topological polar surface area (TPSA) is 90.5 Å². The van der Waals surface area contributed by atoms with Crippen LogP contribution in [0.1, 0.15) is 68.7 Å². The molecule has 216 valence electrons. The maximum Gasteiger partial charge on any atom is 0.319 e. The van der Waals surface area contributed by atoms with E-state index in [2.05, 4.69) is 16.0 Å². The molecule has 3 aromatic rings. The van der Waals surface area contributed by atoms with Gasteiger partial charge in [-0.1, -0.05) is 61.8 Å². The number of aryl methyl sites for hydroxylation is 2. The summed E-state index contributed by atoms with van der Waals surface area (Å²) < 4.78 is 0. The van der Waals surface area contributed by atoms with Crippen LogP contribution in [0.3, 0.4) is 0 Å². The second-order valence-corrected chi connectivity index (χ2v) is 11.8. The molecule has 2 unspecified atom stereocenters. The summed E-state index contributed by atoms with van der Waals surface area (Å²) in [7, 11) is 0. The van der Waals surface area contributed by atoms with Crippen LogP contribution in [0.25, 0.3) is 0 Å². The average molecular weight is 575 g/mol. The summed E-state index contributed by atoms with van der Waals surface area (Å²) in [6.07, 6.45) is 1.90. The number of nitrogens with one attached hydrogen (secondary N) is 3. The Hall–Kier alpha value is -3.84. The van der Waals surface area contributed by atoms with Crippen molar-refractivity contribution in [3.63, 3.8) is 0 Å². The molecule has 0 radical (unpaired) electrons. The normalized spacial score (nSPS) is 16.9. The van der Waals surface area contributed by atoms with Crippen LogP contribution in [0, 0.1) is 6.92 Å². The molecule has 41 heavy (non-hydrogen) atoms. The van der Waals surface area contributed by atoms with Crippen LogP contribution >= 0.6 is 11.6 Å². The second-order valence-electron chi connectivity index (χ2n) is 11.3. The molecule has 3 N–H and O–H groups in total. The molecule has 4 rings (SSSR count). The Morgan fingerprint density at radius 1 is 1.02 bits per heavy atom. The minimum Gasteiger partial charge on any atom is -0.350 e. The van der Waals surface area contributed by atoms with Crippen LogP contribution in [-0.4, -0.2) is 36.0 Å². The molecule has 0 spiro atoms. The number of anilines is 2. The van der Waals surface area contributed by atoms with Gasteiger partial charge in [-0.25, -0.2) is 4.79 Å². The second kappa shape index (κ2) is 12.8. The van der Waals surface area contributed by atoms with Crippen LogP contribution in [0.4, 0.5) is 16.2 Å². The number of benzene rings is 3. The number of urea groups is 1. The van der Waals surface area contributed by atoms with Crippen molar-refractivity contribution in [2.45, 2.75) is 71.4 Å². The number of hydrogen-bond acceptors (Lipinski definition) is 3. The maximum absolute atomic E-state index is 14.2. The summed E-state index contributed by atoms with van der Waals surface area (Å²) in [6, 6.07) is 19.7. The van der Waals surface area contributed by atoms with E-state index < -0.39 is 17.6 Å². The van der Waals surface area contributed by atoms with Gasteiger partial charge in [0, 0.05) is 27.9 Å². The van der Waals surface area contributed by atoms with Gasteiger partial charge < -0.3 is 20.9 Å². The summed E-state index contributed by atoms with van der Waals surface area (Å²) in [6.45, 7) is 9.75. The number of amides is 4. The van der Waals surface area contributed by atoms with E-state index in [4.69, 9.17) is 11.6 Å². The number of fused-ring (bicyclic) bond motifs is 1. The maximum atomic E-state index is 14.2. The number of rotatable bonds is 8. The number of hydrogen-bond donors (Lipinski definition) is 3. The van der Waals surface area contributed by atoms with Crippen molar-refractivity contribution in [2.75, 3.05) is 16.8 Å². The molecule has 7 nitrogen and oxygen atoms in total. The van der Waals surface area contributed by atoms with E-state index in [-0.39, 0.29) is 24.3 Å². The minimum absolute atomic E-state index is 0.162. The molecule has 2 atom stereocenters. The van der Waals surface area contributed by atoms with Gasteiger partial charge in [-0.3, -0.25) is 9.59 Å². The van der Waals surface area contributed by atoms with Crippen molar-refractivity contribution in [3.05, 3.63) is 94.0 Å². The lowest BCUT2D eigenvalue weighted by Gasteiger charge is -2.29. The Balaban J connectivity index is 1.72. The Bertz CT molecular complexity index is 1420. The molecule has 0 aliphatic carbocycles. The summed E-state index contributed by atoms with van der Waals surface area (Å²) in [5.41, 5.74) is 4.83. The van der Waals surface area contributed by atoms with Crippen LogP contribution in [-0.2, 0) is 16.0 Å². The van der Waals surface area contributed by atoms with Crippen LogP contribution in [0.15, 0.2) is 66.7 Å². The first kappa shape index (κ1) is 30.1. The van der Waals surface area contributed by atoms with E-state index in [1.165, 1.54) is 4.90 Å². The van der Waals surface area contributed by atoms with E-state index >= 15 is 0 Å². The van der Waals surface area contributed by atoms with Gasteiger partial charge in [0.25, 0.3) is 0 Å². The Labute approximate surface area is 247 Å². The summed E-state index contributed by atoms with van der Waals surface area (Å²) in [5.74, 6) is -0.821. The highest BCUT2D eigenvalue weighted by molar-refractivity contribution is 6.30. The van der Waals surface area contributed by atoms with Crippen LogP contribution in [0.2, 0.25) is 5.02 Å². The molecule has 0 aromatic heterocycles. The van der Waals surface area contributed by atoms with Gasteiger partial charge >= 0.3 is 6.03 Å². The molecule has 8 heteroatoms. The van der Waals surface area contributed by atoms with E-state index in [1.54, 1.807) is 0 Å². The fraction of sp³-hybridized carbons (Fsp3) is 0.364. The van der Waals surface area contributed by atoms with Gasteiger partial charge in [0.15, 0.2) is 0 Å². The lowest BCUT2D eigenvalue weighted by Crippen LogP contribution is -2.53. The Morgan fingerprint density at radius 3 is 2.44 bits per heavy atom. The van der Waals surface area contributed by atoms with Gasteiger partial charge in [0.1, 0.15) is 12.6 Å². The van der Waals surface area contributed by atoms with Crippen molar-refractivity contribution in [1.82, 2.24) is 10.6 Å². The van der Waals surface area contributed by atoms with E-state index in [0.717, 1.165) is 35.1 Å². The van der Waals surface area contributed by atoms with E-state index in [9.17, 15) is 14.4 Å². The zero-order valence-electron chi connectivity index (χ0n) is 24.4. The number of carbonyl (C=O) groups excluding carboxylic acids is 3. The average Bonchev–Trinajstić information content (AvgIpc) is 3.03. The number of nitrogens with zero attached hydrogens (tertiary/aromatic N) is 1. The minimum atomic E-state index is -0.885. The standard InChI is InChI=1S/C33H39ClN4O3/c1-6-22-9-8-10-25(18-22)35-32(41)36-28-19-27(23-12-14-24(34)15-13-23)26-16-11-21(3)17-29(26)38(31(28)40)20-30(39)37-33(4,5)7-2/h8-18,27-28H,6-7,19-20H2,1-5H3,(H,37,39)(H2,35,36,41). The van der Waals surface area contributed by atoms with Gasteiger partial charge in [-0.05, 0) is 92.6 Å².